The number of benzene rings is 2. The van der Waals surface area contributed by atoms with E-state index in [4.69, 9.17) is 0 Å². The zero-order valence-corrected chi connectivity index (χ0v) is 16.8. The number of aryl methyl sites for hydroxylation is 1. The van der Waals surface area contributed by atoms with Crippen LogP contribution in [0.1, 0.15) is 11.3 Å². The van der Waals surface area contributed by atoms with Crippen molar-refractivity contribution >= 4 is 56.8 Å². The summed E-state index contributed by atoms with van der Waals surface area (Å²) < 4.78 is 0. The van der Waals surface area contributed by atoms with Crippen LogP contribution in [0.2, 0.25) is 0 Å². The van der Waals surface area contributed by atoms with Crippen LogP contribution < -0.4 is 4.90 Å². The lowest BCUT2D eigenvalue weighted by atomic mass is 10.2. The molecule has 0 radical (unpaired) electrons. The van der Waals surface area contributed by atoms with Crippen LogP contribution in [0.25, 0.3) is 6.08 Å². The monoisotopic (exact) mass is 422 g/mol. The number of nitro benzene ring substituents is 1. The van der Waals surface area contributed by atoms with Crippen LogP contribution in [0.15, 0.2) is 69.9 Å². The first-order valence-electron chi connectivity index (χ1n) is 8.55. The summed E-state index contributed by atoms with van der Waals surface area (Å²) in [5.74, 6) is -0.236. The molecule has 0 bridgehead atoms. The number of amides is 1. The zero-order valence-electron chi connectivity index (χ0n) is 15.2. The Hall–Kier alpha value is -3.30. The molecule has 0 unspecified atom stereocenters. The third-order valence-corrected chi connectivity index (χ3v) is 5.82. The van der Waals surface area contributed by atoms with Crippen LogP contribution in [0, 0.1) is 17.0 Å². The number of carbonyl (C=O) groups excluding carboxylic acids is 1. The highest BCUT2D eigenvalue weighted by molar-refractivity contribution is 8.19. The Kier molecular flexibility index (Phi) is 5.24. The number of thiazole rings is 1. The minimum absolute atomic E-state index is 0.0261. The second-order valence-corrected chi connectivity index (χ2v) is 7.95. The molecule has 7 nitrogen and oxygen atoms in total. The molecule has 4 rings (SSSR count). The standard InChI is InChI=1S/C20H14N4O3S2/c1-13-12-28-19(21-13)22-20-23(15-7-3-2-4-8-15)18(25)17(29-20)11-14-6-5-9-16(10-14)24(26)27/h2-12H,1H3/b17-11-,22-20+. The smallest absolute Gasteiger partial charge is 0.268 e. The number of amidine groups is 1. The first-order chi connectivity index (χ1) is 14.0. The first-order valence-corrected chi connectivity index (χ1v) is 10.3. The van der Waals surface area contributed by atoms with Crippen LogP contribution in [0.4, 0.5) is 16.5 Å². The first kappa shape index (κ1) is 19.0. The quantitative estimate of drug-likeness (QED) is 0.329. The molecular formula is C20H14N4O3S2. The van der Waals surface area contributed by atoms with E-state index in [-0.39, 0.29) is 11.6 Å². The van der Waals surface area contributed by atoms with E-state index in [9.17, 15) is 14.9 Å². The summed E-state index contributed by atoms with van der Waals surface area (Å²) >= 11 is 2.62. The molecule has 1 saturated heterocycles. The summed E-state index contributed by atoms with van der Waals surface area (Å²) in [6.45, 7) is 1.88. The number of hydrogen-bond donors (Lipinski definition) is 0. The molecule has 0 spiro atoms. The van der Waals surface area contributed by atoms with Crippen LogP contribution in [-0.2, 0) is 4.79 Å². The SMILES string of the molecule is Cc1csc(/N=C2/S/C(=C\c3cccc([N+](=O)[O-])c3)C(=O)N2c2ccccc2)n1. The van der Waals surface area contributed by atoms with Crippen molar-refractivity contribution in [3.05, 3.63) is 86.3 Å². The average molecular weight is 422 g/mol. The third kappa shape index (κ3) is 4.10. The normalized spacial score (nSPS) is 16.7. The van der Waals surface area contributed by atoms with Crippen molar-refractivity contribution < 1.29 is 9.72 Å². The molecule has 3 aromatic rings. The number of nitro groups is 1. The van der Waals surface area contributed by atoms with Crippen LogP contribution in [-0.4, -0.2) is 21.0 Å². The van der Waals surface area contributed by atoms with Gasteiger partial charge in [0, 0.05) is 17.5 Å². The van der Waals surface area contributed by atoms with E-state index in [1.165, 1.54) is 40.1 Å². The van der Waals surface area contributed by atoms with E-state index < -0.39 is 4.92 Å². The number of para-hydroxylation sites is 1. The van der Waals surface area contributed by atoms with Crippen LogP contribution in [0.5, 0.6) is 0 Å². The van der Waals surface area contributed by atoms with Crippen molar-refractivity contribution in [2.75, 3.05) is 4.90 Å². The molecule has 1 fully saturated rings. The van der Waals surface area contributed by atoms with Crippen molar-refractivity contribution in [1.82, 2.24) is 4.98 Å². The Morgan fingerprint density at radius 1 is 1.17 bits per heavy atom. The maximum absolute atomic E-state index is 13.1. The molecule has 1 aliphatic heterocycles. The molecule has 9 heteroatoms. The Bertz CT molecular complexity index is 1160. The fraction of sp³-hybridized carbons (Fsp3) is 0.0500. The van der Waals surface area contributed by atoms with Crippen LogP contribution in [0.3, 0.4) is 0 Å². The predicted octanol–water partition coefficient (Wildman–Crippen LogP) is 5.17. The fourth-order valence-electron chi connectivity index (χ4n) is 2.71. The molecular weight excluding hydrogens is 408 g/mol. The molecule has 0 saturated carbocycles. The van der Waals surface area contributed by atoms with E-state index in [2.05, 4.69) is 9.98 Å². The van der Waals surface area contributed by atoms with Crippen molar-refractivity contribution in [2.45, 2.75) is 6.92 Å². The van der Waals surface area contributed by atoms with Gasteiger partial charge in [-0.25, -0.2) is 4.98 Å². The fourth-order valence-corrected chi connectivity index (χ4v) is 4.41. The van der Waals surface area contributed by atoms with Crippen molar-refractivity contribution in [2.24, 2.45) is 4.99 Å². The van der Waals surface area contributed by atoms with Gasteiger partial charge in [-0.2, -0.15) is 4.99 Å². The molecule has 0 aliphatic carbocycles. The Balaban J connectivity index is 1.76. The van der Waals surface area contributed by atoms with Gasteiger partial charge in [-0.1, -0.05) is 30.3 Å². The minimum atomic E-state index is -0.459. The van der Waals surface area contributed by atoms with Gasteiger partial charge in [-0.15, -0.1) is 11.3 Å². The second-order valence-electron chi connectivity index (χ2n) is 6.10. The highest BCUT2D eigenvalue weighted by Gasteiger charge is 2.35. The van der Waals surface area contributed by atoms with Gasteiger partial charge in [0.1, 0.15) is 0 Å². The van der Waals surface area contributed by atoms with Gasteiger partial charge in [-0.05, 0) is 42.5 Å². The summed E-state index contributed by atoms with van der Waals surface area (Å²) in [5, 5.41) is 14.0. The highest BCUT2D eigenvalue weighted by atomic mass is 32.2. The van der Waals surface area contributed by atoms with Crippen LogP contribution >= 0.6 is 23.1 Å². The maximum Gasteiger partial charge on any atom is 0.271 e. The molecule has 0 atom stereocenters. The summed E-state index contributed by atoms with van der Waals surface area (Å²) in [6.07, 6.45) is 1.64. The lowest BCUT2D eigenvalue weighted by molar-refractivity contribution is -0.384. The molecule has 2 aromatic carbocycles. The highest BCUT2D eigenvalue weighted by Crippen LogP contribution is 2.37. The Morgan fingerprint density at radius 3 is 2.66 bits per heavy atom. The number of thioether (sulfide) groups is 1. The third-order valence-electron chi connectivity index (χ3n) is 4.00. The molecule has 1 aliphatic rings. The summed E-state index contributed by atoms with van der Waals surface area (Å²) in [7, 11) is 0. The Labute approximate surface area is 174 Å². The largest absolute Gasteiger partial charge is 0.271 e. The minimum Gasteiger partial charge on any atom is -0.268 e. The number of aromatic nitrogens is 1. The maximum atomic E-state index is 13.1. The van der Waals surface area contributed by atoms with E-state index in [1.54, 1.807) is 18.2 Å². The molecule has 29 heavy (non-hydrogen) atoms. The number of nitrogens with zero attached hydrogens (tertiary/aromatic N) is 4. The molecule has 1 aromatic heterocycles. The summed E-state index contributed by atoms with van der Waals surface area (Å²) in [6, 6.07) is 15.4. The molecule has 0 N–H and O–H groups in total. The van der Waals surface area contributed by atoms with Gasteiger partial charge in [-0.3, -0.25) is 19.8 Å². The molecule has 1 amide bonds. The predicted molar refractivity (Wildman–Crippen MR) is 117 cm³/mol. The van der Waals surface area contributed by atoms with E-state index >= 15 is 0 Å². The lowest BCUT2D eigenvalue weighted by Gasteiger charge is -2.14. The lowest BCUT2D eigenvalue weighted by Crippen LogP contribution is -2.28. The topological polar surface area (TPSA) is 88.7 Å². The van der Waals surface area contributed by atoms with E-state index in [1.807, 2.05) is 42.6 Å². The van der Waals surface area contributed by atoms with Crippen molar-refractivity contribution in [3.63, 3.8) is 0 Å². The van der Waals surface area contributed by atoms with Crippen molar-refractivity contribution in [3.8, 4) is 0 Å². The number of hydrogen-bond acceptors (Lipinski definition) is 7. The number of carbonyl (C=O) groups is 1. The van der Waals surface area contributed by atoms with E-state index in [0.29, 0.717) is 26.5 Å². The number of non-ortho nitro benzene ring substituents is 1. The number of aliphatic imine (C=N–C) groups is 1. The van der Waals surface area contributed by atoms with Gasteiger partial charge in [0.25, 0.3) is 11.6 Å². The van der Waals surface area contributed by atoms with Gasteiger partial charge >= 0.3 is 0 Å². The number of anilines is 1. The van der Waals surface area contributed by atoms with Gasteiger partial charge in [0.15, 0.2) is 5.17 Å². The van der Waals surface area contributed by atoms with Gasteiger partial charge < -0.3 is 0 Å². The van der Waals surface area contributed by atoms with Crippen molar-refractivity contribution in [1.29, 1.82) is 0 Å². The number of rotatable bonds is 4. The average Bonchev–Trinajstić information content (AvgIpc) is 3.25. The summed E-state index contributed by atoms with van der Waals surface area (Å²) in [4.78, 5) is 34.6. The molecule has 144 valence electrons. The van der Waals surface area contributed by atoms with E-state index in [0.717, 1.165) is 5.69 Å². The summed E-state index contributed by atoms with van der Waals surface area (Å²) in [5.41, 5.74) is 2.11. The second kappa shape index (κ2) is 7.98. The van der Waals surface area contributed by atoms with Gasteiger partial charge in [0.2, 0.25) is 5.13 Å². The van der Waals surface area contributed by atoms with Gasteiger partial charge in [0.05, 0.1) is 21.2 Å². The zero-order chi connectivity index (χ0) is 20.4. The molecule has 2 heterocycles. The Morgan fingerprint density at radius 2 is 1.97 bits per heavy atom.